The molecule has 7 heteroatoms. The maximum absolute atomic E-state index is 13.0. The Morgan fingerprint density at radius 2 is 2.03 bits per heavy atom. The number of aliphatic hydroxyl groups excluding tert-OH is 1. The monoisotopic (exact) mass is 447 g/mol. The molecule has 2 N–H and O–H groups in total. The minimum atomic E-state index is -0.546. The van der Waals surface area contributed by atoms with E-state index in [0.717, 1.165) is 42.3 Å². The summed E-state index contributed by atoms with van der Waals surface area (Å²) in [5.74, 6) is 1.39. The molecule has 172 valence electrons. The van der Waals surface area contributed by atoms with Gasteiger partial charge in [0.1, 0.15) is 10.7 Å². The summed E-state index contributed by atoms with van der Waals surface area (Å²) in [6, 6.07) is 0.417. The molecule has 1 saturated carbocycles. The number of aryl methyl sites for hydroxylation is 1. The number of aromatic amines is 1. The molecule has 0 spiro atoms. The normalized spacial score (nSPS) is 21.2. The number of nitrogens with one attached hydrogen (secondary N) is 1. The van der Waals surface area contributed by atoms with Gasteiger partial charge in [-0.1, -0.05) is 26.2 Å². The molecule has 2 heterocycles. The van der Waals surface area contributed by atoms with Crippen LogP contribution in [0.15, 0.2) is 4.79 Å². The first kappa shape index (κ1) is 22.9. The number of fused-ring (bicyclic) bond motifs is 3. The molecule has 0 bridgehead atoms. The Hall–Kier alpha value is -1.28. The van der Waals surface area contributed by atoms with Gasteiger partial charge in [0.15, 0.2) is 0 Å². The molecule has 2 aromatic heterocycles. The summed E-state index contributed by atoms with van der Waals surface area (Å²) >= 11 is 1.70. The van der Waals surface area contributed by atoms with Gasteiger partial charge in [0.25, 0.3) is 5.56 Å². The summed E-state index contributed by atoms with van der Waals surface area (Å²) in [4.78, 5) is 25.5. The quantitative estimate of drug-likeness (QED) is 0.639. The first-order valence-electron chi connectivity index (χ1n) is 12.0. The average Bonchev–Trinajstić information content (AvgIpc) is 3.10. The third-order valence-electron chi connectivity index (χ3n) is 6.73. The molecule has 2 atom stereocenters. The number of hydrogen-bond donors (Lipinski definition) is 2. The molecule has 0 unspecified atom stereocenters. The Labute approximate surface area is 189 Å². The van der Waals surface area contributed by atoms with E-state index in [9.17, 15) is 9.90 Å². The minimum absolute atomic E-state index is 0.000614. The fraction of sp³-hybridized carbons (Fsp3) is 0.750. The van der Waals surface area contributed by atoms with E-state index in [1.54, 1.807) is 11.3 Å². The van der Waals surface area contributed by atoms with Crippen LogP contribution in [0.5, 0.6) is 0 Å². The van der Waals surface area contributed by atoms with Crippen LogP contribution in [0, 0.1) is 5.92 Å². The van der Waals surface area contributed by atoms with E-state index in [2.05, 4.69) is 16.8 Å². The van der Waals surface area contributed by atoms with E-state index in [0.29, 0.717) is 37.5 Å². The van der Waals surface area contributed by atoms with Gasteiger partial charge in [-0.2, -0.15) is 0 Å². The lowest BCUT2D eigenvalue weighted by atomic mass is 9.89. The second-order valence-electron chi connectivity index (χ2n) is 9.80. The van der Waals surface area contributed by atoms with Crippen molar-refractivity contribution in [1.29, 1.82) is 0 Å². The number of aliphatic hydroxyl groups is 1. The predicted molar refractivity (Wildman–Crippen MR) is 126 cm³/mol. The van der Waals surface area contributed by atoms with E-state index < -0.39 is 6.10 Å². The van der Waals surface area contributed by atoms with Crippen LogP contribution in [-0.2, 0) is 24.1 Å². The molecular formula is C24H37N3O3S. The smallest absolute Gasteiger partial charge is 0.259 e. The zero-order valence-electron chi connectivity index (χ0n) is 19.2. The molecule has 6 nitrogen and oxygen atoms in total. The third kappa shape index (κ3) is 5.56. The topological polar surface area (TPSA) is 78.5 Å². The van der Waals surface area contributed by atoms with Crippen LogP contribution < -0.4 is 5.56 Å². The highest BCUT2D eigenvalue weighted by Gasteiger charge is 2.26. The van der Waals surface area contributed by atoms with Crippen molar-refractivity contribution in [1.82, 2.24) is 14.9 Å². The zero-order valence-corrected chi connectivity index (χ0v) is 20.0. The fourth-order valence-corrected chi connectivity index (χ4v) is 6.48. The van der Waals surface area contributed by atoms with Crippen LogP contribution in [0.3, 0.4) is 0 Å². The standard InChI is InChI=1S/C24H37N3O3S/c1-15(2)30-14-18(28)12-27(17-7-5-4-6-8-17)13-21-25-23(29)22-19-10-9-16(3)11-20(19)31-24(22)26-21/h15-18,28H,4-14H2,1-3H3,(H,25,26,29)/t16-,18+/m0/s1. The predicted octanol–water partition coefficient (Wildman–Crippen LogP) is 4.03. The third-order valence-corrected chi connectivity index (χ3v) is 7.87. The van der Waals surface area contributed by atoms with Gasteiger partial charge >= 0.3 is 0 Å². The highest BCUT2D eigenvalue weighted by molar-refractivity contribution is 7.18. The van der Waals surface area contributed by atoms with Gasteiger partial charge in [-0.15, -0.1) is 11.3 Å². The molecule has 0 amide bonds. The fourth-order valence-electron chi connectivity index (χ4n) is 5.08. The molecule has 1 fully saturated rings. The maximum atomic E-state index is 13.0. The van der Waals surface area contributed by atoms with Gasteiger partial charge in [-0.05, 0) is 57.4 Å². The van der Waals surface area contributed by atoms with E-state index in [1.807, 2.05) is 13.8 Å². The number of rotatable bonds is 8. The second kappa shape index (κ2) is 10.1. The summed E-state index contributed by atoms with van der Waals surface area (Å²) in [6.07, 6.45) is 8.73. The van der Waals surface area contributed by atoms with E-state index >= 15 is 0 Å². The Bertz CT molecular complexity index is 932. The van der Waals surface area contributed by atoms with Crippen molar-refractivity contribution in [2.75, 3.05) is 13.2 Å². The molecule has 2 aromatic rings. The Morgan fingerprint density at radius 3 is 2.77 bits per heavy atom. The van der Waals surface area contributed by atoms with Gasteiger partial charge < -0.3 is 14.8 Å². The Balaban J connectivity index is 1.56. The molecule has 0 aliphatic heterocycles. The van der Waals surface area contributed by atoms with Crippen molar-refractivity contribution in [3.63, 3.8) is 0 Å². The lowest BCUT2D eigenvalue weighted by Crippen LogP contribution is -2.43. The van der Waals surface area contributed by atoms with E-state index in [-0.39, 0.29) is 11.7 Å². The lowest BCUT2D eigenvalue weighted by Gasteiger charge is -2.35. The number of ether oxygens (including phenoxy) is 1. The van der Waals surface area contributed by atoms with Gasteiger partial charge in [-0.3, -0.25) is 9.69 Å². The van der Waals surface area contributed by atoms with Crippen molar-refractivity contribution in [2.24, 2.45) is 5.92 Å². The minimum Gasteiger partial charge on any atom is -0.389 e. The highest BCUT2D eigenvalue weighted by atomic mass is 32.1. The van der Waals surface area contributed by atoms with Crippen LogP contribution in [0.4, 0.5) is 0 Å². The van der Waals surface area contributed by atoms with Crippen molar-refractivity contribution in [3.8, 4) is 0 Å². The number of nitrogens with zero attached hydrogens (tertiary/aromatic N) is 2. The molecule has 0 radical (unpaired) electrons. The maximum Gasteiger partial charge on any atom is 0.259 e. The second-order valence-corrected chi connectivity index (χ2v) is 10.9. The van der Waals surface area contributed by atoms with E-state index in [4.69, 9.17) is 9.72 Å². The van der Waals surface area contributed by atoms with Crippen LogP contribution in [0.1, 0.15) is 75.6 Å². The van der Waals surface area contributed by atoms with Crippen LogP contribution in [0.25, 0.3) is 10.2 Å². The highest BCUT2D eigenvalue weighted by Crippen LogP contribution is 2.35. The van der Waals surface area contributed by atoms with Gasteiger partial charge in [-0.25, -0.2) is 4.98 Å². The summed E-state index contributed by atoms with van der Waals surface area (Å²) in [6.45, 7) is 7.69. The summed E-state index contributed by atoms with van der Waals surface area (Å²) in [7, 11) is 0. The number of H-pyrrole nitrogens is 1. The Morgan fingerprint density at radius 1 is 1.26 bits per heavy atom. The molecular weight excluding hydrogens is 410 g/mol. The van der Waals surface area contributed by atoms with Gasteiger partial charge in [0, 0.05) is 17.5 Å². The van der Waals surface area contributed by atoms with Gasteiger partial charge in [0.2, 0.25) is 0 Å². The molecule has 0 aromatic carbocycles. The van der Waals surface area contributed by atoms with Crippen molar-refractivity contribution in [2.45, 2.75) is 96.9 Å². The first-order valence-corrected chi connectivity index (χ1v) is 12.8. The molecule has 2 aliphatic rings. The first-order chi connectivity index (χ1) is 14.9. The lowest BCUT2D eigenvalue weighted by molar-refractivity contribution is -0.0189. The summed E-state index contributed by atoms with van der Waals surface area (Å²) in [5, 5.41) is 11.4. The van der Waals surface area contributed by atoms with Gasteiger partial charge in [0.05, 0.1) is 30.7 Å². The molecule has 2 aliphatic carbocycles. The number of hydrogen-bond acceptors (Lipinski definition) is 6. The number of thiophene rings is 1. The molecule has 0 saturated heterocycles. The summed E-state index contributed by atoms with van der Waals surface area (Å²) < 4.78 is 5.63. The zero-order chi connectivity index (χ0) is 22.0. The van der Waals surface area contributed by atoms with Crippen molar-refractivity contribution < 1.29 is 9.84 Å². The van der Waals surface area contributed by atoms with Crippen LogP contribution >= 0.6 is 11.3 Å². The Kier molecular flexibility index (Phi) is 7.47. The molecule has 4 rings (SSSR count). The number of aromatic nitrogens is 2. The SMILES string of the molecule is CC(C)OC[C@H](O)CN(Cc1nc2sc3c(c2c(=O)[nH]1)CC[C@H](C)C3)C1CCCCC1. The summed E-state index contributed by atoms with van der Waals surface area (Å²) in [5.41, 5.74) is 1.23. The average molecular weight is 448 g/mol. The van der Waals surface area contributed by atoms with E-state index in [1.165, 1.54) is 29.7 Å². The largest absolute Gasteiger partial charge is 0.389 e. The van der Waals surface area contributed by atoms with Crippen molar-refractivity contribution in [3.05, 3.63) is 26.6 Å². The van der Waals surface area contributed by atoms with Crippen LogP contribution in [0.2, 0.25) is 0 Å². The molecule has 31 heavy (non-hydrogen) atoms. The van der Waals surface area contributed by atoms with Crippen LogP contribution in [-0.4, -0.2) is 51.4 Å². The van der Waals surface area contributed by atoms with Crippen molar-refractivity contribution >= 4 is 21.6 Å².